The van der Waals surface area contributed by atoms with Crippen LogP contribution in [0.2, 0.25) is 5.02 Å². The molecule has 2 rings (SSSR count). The molecule has 0 fully saturated rings. The number of nitrogens with zero attached hydrogens (tertiary/aromatic N) is 2. The zero-order chi connectivity index (χ0) is 15.4. The van der Waals surface area contributed by atoms with Gasteiger partial charge in [-0.3, -0.25) is 4.68 Å². The number of hydrogen-bond acceptors (Lipinski definition) is 2. The van der Waals surface area contributed by atoms with Crippen LogP contribution >= 0.6 is 27.5 Å². The van der Waals surface area contributed by atoms with E-state index in [1.165, 1.54) is 0 Å². The van der Waals surface area contributed by atoms with Gasteiger partial charge in [0, 0.05) is 24.4 Å². The molecule has 0 bridgehead atoms. The third-order valence-electron chi connectivity index (χ3n) is 3.54. The summed E-state index contributed by atoms with van der Waals surface area (Å²) in [4.78, 5) is 0. The molecular weight excluding hydrogens is 352 g/mol. The second kappa shape index (κ2) is 7.43. The zero-order valence-corrected chi connectivity index (χ0v) is 14.7. The Morgan fingerprint density at radius 1 is 1.29 bits per heavy atom. The molecule has 0 aliphatic heterocycles. The number of aryl methyl sites for hydroxylation is 2. The number of rotatable bonds is 6. The molecule has 0 aliphatic rings. The highest BCUT2D eigenvalue weighted by Gasteiger charge is 2.18. The topological polar surface area (TPSA) is 38.0 Å². The van der Waals surface area contributed by atoms with Crippen molar-refractivity contribution in [2.45, 2.75) is 45.8 Å². The first-order chi connectivity index (χ1) is 10.1. The van der Waals surface area contributed by atoms with Crippen molar-refractivity contribution in [1.82, 2.24) is 9.78 Å². The van der Waals surface area contributed by atoms with Crippen molar-refractivity contribution >= 4 is 27.5 Å². The van der Waals surface area contributed by atoms with Gasteiger partial charge in [-0.25, -0.2) is 0 Å². The minimum absolute atomic E-state index is 0.479. The second-order valence-electron chi connectivity index (χ2n) is 5.03. The molecule has 0 saturated heterocycles. The van der Waals surface area contributed by atoms with E-state index in [1.54, 1.807) is 0 Å². The van der Waals surface area contributed by atoms with Gasteiger partial charge in [0.25, 0.3) is 0 Å². The third-order valence-corrected chi connectivity index (χ3v) is 4.82. The highest BCUT2D eigenvalue weighted by Crippen LogP contribution is 2.25. The molecule has 0 spiro atoms. The summed E-state index contributed by atoms with van der Waals surface area (Å²) < 4.78 is 2.98. The predicted octanol–water partition coefficient (Wildman–Crippen LogP) is 4.03. The van der Waals surface area contributed by atoms with E-state index < -0.39 is 6.10 Å². The van der Waals surface area contributed by atoms with Crippen molar-refractivity contribution in [2.24, 2.45) is 0 Å². The van der Waals surface area contributed by atoms with Crippen LogP contribution in [-0.2, 0) is 25.8 Å². The molecule has 0 amide bonds. The predicted molar refractivity (Wildman–Crippen MR) is 89.8 cm³/mol. The number of aliphatic hydroxyl groups is 1. The van der Waals surface area contributed by atoms with E-state index in [2.05, 4.69) is 34.9 Å². The first kappa shape index (κ1) is 16.5. The minimum atomic E-state index is -0.479. The number of halogens is 2. The Kier molecular flexibility index (Phi) is 5.85. The lowest BCUT2D eigenvalue weighted by atomic mass is 10.0. The Hall–Kier alpha value is -0.840. The molecule has 1 atom stereocenters. The maximum absolute atomic E-state index is 10.4. The molecule has 114 valence electrons. The molecule has 1 aromatic heterocycles. The zero-order valence-electron chi connectivity index (χ0n) is 12.3. The molecule has 1 unspecified atom stereocenters. The van der Waals surface area contributed by atoms with E-state index >= 15 is 0 Å². The smallest absolute Gasteiger partial charge is 0.0766 e. The van der Waals surface area contributed by atoms with Crippen LogP contribution in [0.1, 0.15) is 30.8 Å². The van der Waals surface area contributed by atoms with E-state index in [-0.39, 0.29) is 0 Å². The van der Waals surface area contributed by atoms with Crippen molar-refractivity contribution < 1.29 is 5.11 Å². The van der Waals surface area contributed by atoms with E-state index in [0.29, 0.717) is 17.9 Å². The van der Waals surface area contributed by atoms with Gasteiger partial charge in [-0.15, -0.1) is 0 Å². The van der Waals surface area contributed by atoms with E-state index in [9.17, 15) is 5.11 Å². The number of benzene rings is 1. The summed E-state index contributed by atoms with van der Waals surface area (Å²) in [7, 11) is 0. The molecule has 1 N–H and O–H groups in total. The lowest BCUT2D eigenvalue weighted by Crippen LogP contribution is -2.17. The summed E-state index contributed by atoms with van der Waals surface area (Å²) in [5.41, 5.74) is 3.06. The van der Waals surface area contributed by atoms with Gasteiger partial charge in [0.2, 0.25) is 0 Å². The summed E-state index contributed by atoms with van der Waals surface area (Å²) in [6.45, 7) is 4.94. The van der Waals surface area contributed by atoms with Crippen LogP contribution in [0.25, 0.3) is 0 Å². The van der Waals surface area contributed by atoms with Crippen LogP contribution in [0.4, 0.5) is 0 Å². The molecule has 0 radical (unpaired) electrons. The SMILES string of the molecule is CCc1nn(CC)c(CC(O)Cc2ccccc2Cl)c1Br. The first-order valence-corrected chi connectivity index (χ1v) is 8.39. The van der Waals surface area contributed by atoms with E-state index in [0.717, 1.165) is 34.4 Å². The summed E-state index contributed by atoms with van der Waals surface area (Å²) in [5.74, 6) is 0. The van der Waals surface area contributed by atoms with Crippen LogP contribution in [-0.4, -0.2) is 21.0 Å². The van der Waals surface area contributed by atoms with Crippen LogP contribution < -0.4 is 0 Å². The van der Waals surface area contributed by atoms with Crippen molar-refractivity contribution in [3.05, 3.63) is 50.7 Å². The number of aliphatic hydroxyl groups excluding tert-OH is 1. The maximum atomic E-state index is 10.4. The van der Waals surface area contributed by atoms with E-state index in [4.69, 9.17) is 11.6 Å². The highest BCUT2D eigenvalue weighted by molar-refractivity contribution is 9.10. The molecule has 3 nitrogen and oxygen atoms in total. The Morgan fingerprint density at radius 3 is 2.62 bits per heavy atom. The number of aromatic nitrogens is 2. The van der Waals surface area contributed by atoms with Crippen molar-refractivity contribution in [3.63, 3.8) is 0 Å². The summed E-state index contributed by atoms with van der Waals surface area (Å²) >= 11 is 9.76. The second-order valence-corrected chi connectivity index (χ2v) is 6.23. The molecule has 1 aromatic carbocycles. The third kappa shape index (κ3) is 3.87. The lowest BCUT2D eigenvalue weighted by Gasteiger charge is -2.13. The first-order valence-electron chi connectivity index (χ1n) is 7.22. The summed E-state index contributed by atoms with van der Waals surface area (Å²) in [6, 6.07) is 7.64. The fourth-order valence-electron chi connectivity index (χ4n) is 2.43. The molecule has 0 saturated carbocycles. The quantitative estimate of drug-likeness (QED) is 0.832. The molecule has 0 aliphatic carbocycles. The number of hydrogen-bond donors (Lipinski definition) is 1. The van der Waals surface area contributed by atoms with Gasteiger partial charge in [0.1, 0.15) is 0 Å². The van der Waals surface area contributed by atoms with E-state index in [1.807, 2.05) is 28.9 Å². The monoisotopic (exact) mass is 370 g/mol. The van der Waals surface area contributed by atoms with Crippen LogP contribution in [0, 0.1) is 0 Å². The fourth-order valence-corrected chi connectivity index (χ4v) is 3.36. The van der Waals surface area contributed by atoms with Crippen molar-refractivity contribution in [3.8, 4) is 0 Å². The summed E-state index contributed by atoms with van der Waals surface area (Å²) in [5, 5.41) is 15.6. The molecule has 2 aromatic rings. The Bertz CT molecular complexity index is 612. The molecule has 5 heteroatoms. The average molecular weight is 372 g/mol. The average Bonchev–Trinajstić information content (AvgIpc) is 2.77. The van der Waals surface area contributed by atoms with Crippen LogP contribution in [0.3, 0.4) is 0 Å². The standard InChI is InChI=1S/C16H20BrClN2O/c1-3-14-16(17)15(20(4-2)19-14)10-12(21)9-11-7-5-6-8-13(11)18/h5-8,12,21H,3-4,9-10H2,1-2H3. The normalized spacial score (nSPS) is 12.6. The minimum Gasteiger partial charge on any atom is -0.392 e. The van der Waals surface area contributed by atoms with Crippen molar-refractivity contribution in [1.29, 1.82) is 0 Å². The van der Waals surface area contributed by atoms with Crippen molar-refractivity contribution in [2.75, 3.05) is 0 Å². The Morgan fingerprint density at radius 2 is 2.00 bits per heavy atom. The maximum Gasteiger partial charge on any atom is 0.0766 e. The van der Waals surface area contributed by atoms with Crippen LogP contribution in [0.5, 0.6) is 0 Å². The largest absolute Gasteiger partial charge is 0.392 e. The van der Waals surface area contributed by atoms with Crippen LogP contribution in [0.15, 0.2) is 28.7 Å². The van der Waals surface area contributed by atoms with Gasteiger partial charge in [-0.1, -0.05) is 36.7 Å². The highest BCUT2D eigenvalue weighted by atomic mass is 79.9. The molecule has 21 heavy (non-hydrogen) atoms. The van der Waals surface area contributed by atoms with Gasteiger partial charge in [0.05, 0.1) is 22.0 Å². The molecule has 1 heterocycles. The fraction of sp³-hybridized carbons (Fsp3) is 0.438. The van der Waals surface area contributed by atoms with Gasteiger partial charge >= 0.3 is 0 Å². The van der Waals surface area contributed by atoms with Gasteiger partial charge in [-0.05, 0) is 40.9 Å². The van der Waals surface area contributed by atoms with Gasteiger partial charge in [0.15, 0.2) is 0 Å². The molecular formula is C16H20BrClN2O. The Balaban J connectivity index is 2.14. The summed E-state index contributed by atoms with van der Waals surface area (Å²) in [6.07, 6.45) is 1.50. The Labute approximate surface area is 139 Å². The lowest BCUT2D eigenvalue weighted by molar-refractivity contribution is 0.172. The van der Waals surface area contributed by atoms with Gasteiger partial charge < -0.3 is 5.11 Å². The van der Waals surface area contributed by atoms with Gasteiger partial charge in [-0.2, -0.15) is 5.10 Å².